The quantitative estimate of drug-likeness (QED) is 0.346. The Bertz CT molecular complexity index is 1290. The summed E-state index contributed by atoms with van der Waals surface area (Å²) in [6.45, 7) is 0.151. The molecule has 0 spiro atoms. The zero-order valence-corrected chi connectivity index (χ0v) is 17.0. The van der Waals surface area contributed by atoms with E-state index in [2.05, 4.69) is 15.2 Å². The number of hydrogen-bond donors (Lipinski definition) is 0. The topological polar surface area (TPSA) is 75.2 Å². The van der Waals surface area contributed by atoms with Crippen LogP contribution in [0.2, 0.25) is 0 Å². The molecule has 160 valence electrons. The summed E-state index contributed by atoms with van der Waals surface area (Å²) in [6.07, 6.45) is 1.66. The van der Waals surface area contributed by atoms with Crippen LogP contribution in [-0.2, 0) is 11.3 Å². The first kappa shape index (κ1) is 19.9. The number of oxazole rings is 1. The molecule has 0 amide bonds. The molecule has 0 aliphatic rings. The van der Waals surface area contributed by atoms with E-state index in [1.54, 1.807) is 35.4 Å². The minimum Gasteiger partial charge on any atom is -0.458 e. The zero-order valence-electron chi connectivity index (χ0n) is 17.0. The van der Waals surface area contributed by atoms with Gasteiger partial charge in [0.15, 0.2) is 5.58 Å². The summed E-state index contributed by atoms with van der Waals surface area (Å²) >= 11 is 0. The molecule has 8 heteroatoms. The Morgan fingerprint density at radius 3 is 2.50 bits per heavy atom. The molecule has 5 rings (SSSR count). The Morgan fingerprint density at radius 2 is 1.72 bits per heavy atom. The van der Waals surface area contributed by atoms with Crippen LogP contribution < -0.4 is 4.74 Å². The highest BCUT2D eigenvalue weighted by atomic mass is 19.1. The Balaban J connectivity index is 1.23. The molecule has 1 atom stereocenters. The number of ether oxygens (including phenoxy) is 2. The van der Waals surface area contributed by atoms with Crippen molar-refractivity contribution in [3.63, 3.8) is 0 Å². The summed E-state index contributed by atoms with van der Waals surface area (Å²) in [5, 5.41) is 7.61. The standard InChI is InChI=1S/C24H19FN4O3/c25-23(14-30-13-17-4-2-1-3-5-17)31-20-10-11-21-22(12-20)32-24(28-21)18-6-8-19(9-7-18)29-15-26-27-16-29/h1-12,15-16,23H,13-14H2. The third-order valence-corrected chi connectivity index (χ3v) is 4.82. The molecule has 7 nitrogen and oxygen atoms in total. The van der Waals surface area contributed by atoms with Crippen LogP contribution in [0.15, 0.2) is 89.9 Å². The molecule has 2 heterocycles. The van der Waals surface area contributed by atoms with Gasteiger partial charge in [0.1, 0.15) is 30.5 Å². The average molecular weight is 430 g/mol. The van der Waals surface area contributed by atoms with Crippen molar-refractivity contribution in [2.75, 3.05) is 6.61 Å². The Hall–Kier alpha value is -4.04. The first-order valence-corrected chi connectivity index (χ1v) is 10.0. The summed E-state index contributed by atoms with van der Waals surface area (Å²) in [6, 6.07) is 22.3. The van der Waals surface area contributed by atoms with Crippen LogP contribution in [0.4, 0.5) is 4.39 Å². The second-order valence-electron chi connectivity index (χ2n) is 7.09. The number of fused-ring (bicyclic) bond motifs is 1. The molecule has 0 saturated carbocycles. The molecule has 3 aromatic carbocycles. The lowest BCUT2D eigenvalue weighted by molar-refractivity contribution is -0.0272. The highest BCUT2D eigenvalue weighted by molar-refractivity contribution is 5.77. The fourth-order valence-corrected chi connectivity index (χ4v) is 3.24. The molecule has 0 bridgehead atoms. The summed E-state index contributed by atoms with van der Waals surface area (Å²) in [5.41, 5.74) is 3.89. The summed E-state index contributed by atoms with van der Waals surface area (Å²) < 4.78 is 32.6. The van der Waals surface area contributed by atoms with Gasteiger partial charge in [0, 0.05) is 17.3 Å². The Kier molecular flexibility index (Phi) is 5.59. The van der Waals surface area contributed by atoms with Gasteiger partial charge in [0.2, 0.25) is 5.89 Å². The third kappa shape index (κ3) is 4.50. The van der Waals surface area contributed by atoms with Gasteiger partial charge in [-0.15, -0.1) is 10.2 Å². The van der Waals surface area contributed by atoms with Crippen molar-refractivity contribution in [3.8, 4) is 22.9 Å². The summed E-state index contributed by atoms with van der Waals surface area (Å²) in [7, 11) is 0. The lowest BCUT2D eigenvalue weighted by atomic mass is 10.2. The van der Waals surface area contributed by atoms with Gasteiger partial charge in [0.25, 0.3) is 6.36 Å². The molecule has 1 unspecified atom stereocenters. The number of benzene rings is 3. The van der Waals surface area contributed by atoms with E-state index in [9.17, 15) is 4.39 Å². The van der Waals surface area contributed by atoms with E-state index in [4.69, 9.17) is 13.9 Å². The number of rotatable bonds is 8. The number of alkyl halides is 1. The van der Waals surface area contributed by atoms with Crippen molar-refractivity contribution in [2.45, 2.75) is 13.0 Å². The van der Waals surface area contributed by atoms with Gasteiger partial charge in [-0.3, -0.25) is 4.57 Å². The molecule has 5 aromatic rings. The van der Waals surface area contributed by atoms with Crippen LogP contribution in [-0.4, -0.2) is 32.7 Å². The monoisotopic (exact) mass is 430 g/mol. The lowest BCUT2D eigenvalue weighted by Gasteiger charge is -2.11. The molecule has 2 aromatic heterocycles. The maximum Gasteiger partial charge on any atom is 0.261 e. The van der Waals surface area contributed by atoms with Crippen LogP contribution in [0.5, 0.6) is 5.75 Å². The van der Waals surface area contributed by atoms with Crippen LogP contribution >= 0.6 is 0 Å². The fraction of sp³-hybridized carbons (Fsp3) is 0.125. The van der Waals surface area contributed by atoms with E-state index in [0.717, 1.165) is 16.8 Å². The largest absolute Gasteiger partial charge is 0.458 e. The molecule has 0 aliphatic heterocycles. The molecule has 0 saturated heterocycles. The van der Waals surface area contributed by atoms with Gasteiger partial charge in [-0.05, 0) is 42.0 Å². The number of nitrogens with zero attached hydrogens (tertiary/aromatic N) is 4. The zero-order chi connectivity index (χ0) is 21.8. The molecule has 0 radical (unpaired) electrons. The highest BCUT2D eigenvalue weighted by Crippen LogP contribution is 2.28. The van der Waals surface area contributed by atoms with Crippen LogP contribution in [0.3, 0.4) is 0 Å². The van der Waals surface area contributed by atoms with Gasteiger partial charge < -0.3 is 13.9 Å². The predicted octanol–water partition coefficient (Wildman–Crippen LogP) is 4.97. The normalized spacial score (nSPS) is 12.2. The highest BCUT2D eigenvalue weighted by Gasteiger charge is 2.13. The van der Waals surface area contributed by atoms with Gasteiger partial charge in [-0.25, -0.2) is 4.98 Å². The van der Waals surface area contributed by atoms with E-state index >= 15 is 0 Å². The van der Waals surface area contributed by atoms with E-state index in [1.165, 1.54) is 0 Å². The van der Waals surface area contributed by atoms with Crippen molar-refractivity contribution in [1.82, 2.24) is 19.7 Å². The molecule has 0 aliphatic carbocycles. The third-order valence-electron chi connectivity index (χ3n) is 4.82. The molecule has 0 fully saturated rings. The van der Waals surface area contributed by atoms with E-state index in [1.807, 2.05) is 54.6 Å². The number of aromatic nitrogens is 4. The summed E-state index contributed by atoms with van der Waals surface area (Å²) in [4.78, 5) is 4.51. The van der Waals surface area contributed by atoms with Crippen LogP contribution in [0.1, 0.15) is 5.56 Å². The SMILES string of the molecule is FC(COCc1ccccc1)Oc1ccc2nc(-c3ccc(-n4cnnc4)cc3)oc2c1. The lowest BCUT2D eigenvalue weighted by Crippen LogP contribution is -2.17. The minimum absolute atomic E-state index is 0.173. The molecular weight excluding hydrogens is 411 g/mol. The van der Waals surface area contributed by atoms with Gasteiger partial charge in [-0.1, -0.05) is 30.3 Å². The minimum atomic E-state index is -1.59. The molecule has 32 heavy (non-hydrogen) atoms. The van der Waals surface area contributed by atoms with Crippen LogP contribution in [0, 0.1) is 0 Å². The first-order chi connectivity index (χ1) is 15.7. The second kappa shape index (κ2) is 8.99. The first-order valence-electron chi connectivity index (χ1n) is 10.0. The number of hydrogen-bond acceptors (Lipinski definition) is 6. The van der Waals surface area contributed by atoms with Crippen molar-refractivity contribution in [2.24, 2.45) is 0 Å². The van der Waals surface area contributed by atoms with E-state index < -0.39 is 6.36 Å². The van der Waals surface area contributed by atoms with Gasteiger partial charge in [-0.2, -0.15) is 4.39 Å². The van der Waals surface area contributed by atoms with Crippen LogP contribution in [0.25, 0.3) is 28.2 Å². The summed E-state index contributed by atoms with van der Waals surface area (Å²) in [5.74, 6) is 0.814. The molecule has 0 N–H and O–H groups in total. The predicted molar refractivity (Wildman–Crippen MR) is 116 cm³/mol. The van der Waals surface area contributed by atoms with Gasteiger partial charge in [0.05, 0.1) is 6.61 Å². The Morgan fingerprint density at radius 1 is 0.938 bits per heavy atom. The average Bonchev–Trinajstić information content (AvgIpc) is 3.50. The molecular formula is C24H19FN4O3. The van der Waals surface area contributed by atoms with Crippen molar-refractivity contribution in [1.29, 1.82) is 0 Å². The number of halogens is 1. The van der Waals surface area contributed by atoms with E-state index in [-0.39, 0.29) is 6.61 Å². The van der Waals surface area contributed by atoms with Gasteiger partial charge >= 0.3 is 0 Å². The second-order valence-corrected chi connectivity index (χ2v) is 7.09. The van der Waals surface area contributed by atoms with Crippen molar-refractivity contribution >= 4 is 11.1 Å². The van der Waals surface area contributed by atoms with E-state index in [0.29, 0.717) is 29.3 Å². The van der Waals surface area contributed by atoms with Crippen molar-refractivity contribution < 1.29 is 18.3 Å². The fourth-order valence-electron chi connectivity index (χ4n) is 3.24. The maximum absolute atomic E-state index is 14.2. The Labute approximate surface area is 183 Å². The smallest absolute Gasteiger partial charge is 0.261 e. The van der Waals surface area contributed by atoms with Crippen molar-refractivity contribution in [3.05, 3.63) is 91.0 Å². The maximum atomic E-state index is 14.2.